The molecule has 92 valence electrons. The van der Waals surface area contributed by atoms with Gasteiger partial charge in [-0.3, -0.25) is 0 Å². The molecule has 18 heavy (non-hydrogen) atoms. The van der Waals surface area contributed by atoms with Crippen LogP contribution >= 0.6 is 27.3 Å². The standard InChI is InChI=1S/C13H11BrN2OS/c1-8(2)17-11-5-4-9(6-10(11)15-3)13-16-7-12(14)18-13/h4-8H,1-2H3. The van der Waals surface area contributed by atoms with Gasteiger partial charge in [0.05, 0.1) is 22.7 Å². The molecular weight excluding hydrogens is 312 g/mol. The SMILES string of the molecule is [C-]#[N+]c1cc(-c2ncc(Br)s2)ccc1OC(C)C. The molecule has 0 aliphatic carbocycles. The fourth-order valence-electron chi connectivity index (χ4n) is 1.48. The van der Waals surface area contributed by atoms with Crippen molar-refractivity contribution in [3.8, 4) is 16.3 Å². The lowest BCUT2D eigenvalue weighted by atomic mass is 10.2. The number of aromatic nitrogens is 1. The summed E-state index contributed by atoms with van der Waals surface area (Å²) >= 11 is 4.92. The molecule has 1 heterocycles. The molecule has 5 heteroatoms. The molecule has 0 unspecified atom stereocenters. The van der Waals surface area contributed by atoms with Gasteiger partial charge in [-0.15, -0.1) is 11.3 Å². The molecule has 2 aromatic rings. The zero-order valence-electron chi connectivity index (χ0n) is 9.98. The predicted octanol–water partition coefficient (Wildman–Crippen LogP) is 4.91. The Bertz CT molecular complexity index is 601. The molecule has 1 aromatic heterocycles. The van der Waals surface area contributed by atoms with E-state index < -0.39 is 0 Å². The molecule has 0 aliphatic rings. The van der Waals surface area contributed by atoms with Gasteiger partial charge in [-0.1, -0.05) is 6.07 Å². The molecule has 1 aromatic carbocycles. The van der Waals surface area contributed by atoms with Crippen LogP contribution in [0.4, 0.5) is 5.69 Å². The highest BCUT2D eigenvalue weighted by Crippen LogP contribution is 2.35. The molecule has 0 atom stereocenters. The summed E-state index contributed by atoms with van der Waals surface area (Å²) in [6.45, 7) is 11.1. The Labute approximate surface area is 118 Å². The first-order chi connectivity index (χ1) is 8.60. The third kappa shape index (κ3) is 2.89. The number of hydrogen-bond acceptors (Lipinski definition) is 3. The first-order valence-electron chi connectivity index (χ1n) is 5.40. The first-order valence-corrected chi connectivity index (χ1v) is 7.01. The zero-order valence-corrected chi connectivity index (χ0v) is 12.4. The van der Waals surface area contributed by atoms with Crippen molar-refractivity contribution in [2.45, 2.75) is 20.0 Å². The number of rotatable bonds is 3. The van der Waals surface area contributed by atoms with Gasteiger partial charge in [0.2, 0.25) is 5.69 Å². The highest BCUT2D eigenvalue weighted by Gasteiger charge is 2.10. The third-order valence-electron chi connectivity index (χ3n) is 2.17. The molecular formula is C13H11BrN2OS. The Morgan fingerprint density at radius 2 is 2.22 bits per heavy atom. The van der Waals surface area contributed by atoms with Crippen molar-refractivity contribution < 1.29 is 4.74 Å². The highest BCUT2D eigenvalue weighted by molar-refractivity contribution is 9.11. The Balaban J connectivity index is 2.39. The van der Waals surface area contributed by atoms with Crippen LogP contribution in [0.1, 0.15) is 13.8 Å². The molecule has 0 bridgehead atoms. The van der Waals surface area contributed by atoms with Crippen molar-refractivity contribution in [2.75, 3.05) is 0 Å². The Kier molecular flexibility index (Phi) is 4.00. The third-order valence-corrected chi connectivity index (χ3v) is 3.69. The van der Waals surface area contributed by atoms with Gasteiger partial charge in [0, 0.05) is 5.56 Å². The number of halogens is 1. The second-order valence-electron chi connectivity index (χ2n) is 3.93. The molecule has 0 amide bonds. The summed E-state index contributed by atoms with van der Waals surface area (Å²) in [5.41, 5.74) is 1.46. The summed E-state index contributed by atoms with van der Waals surface area (Å²) in [6.07, 6.45) is 1.82. The van der Waals surface area contributed by atoms with Crippen molar-refractivity contribution in [1.82, 2.24) is 4.98 Å². The quantitative estimate of drug-likeness (QED) is 0.750. The minimum Gasteiger partial charge on any atom is -0.502 e. The first kappa shape index (κ1) is 13.1. The maximum absolute atomic E-state index is 7.21. The van der Waals surface area contributed by atoms with Crippen molar-refractivity contribution >= 4 is 33.0 Å². The Morgan fingerprint density at radius 1 is 1.44 bits per heavy atom. The van der Waals surface area contributed by atoms with E-state index in [1.54, 1.807) is 17.5 Å². The van der Waals surface area contributed by atoms with Crippen LogP contribution in [-0.4, -0.2) is 11.1 Å². The van der Waals surface area contributed by atoms with E-state index in [1.165, 1.54) is 0 Å². The minimum absolute atomic E-state index is 0.0605. The van der Waals surface area contributed by atoms with E-state index in [1.807, 2.05) is 32.0 Å². The molecule has 3 nitrogen and oxygen atoms in total. The van der Waals surface area contributed by atoms with Crippen LogP contribution in [0.5, 0.6) is 5.75 Å². The van der Waals surface area contributed by atoms with E-state index in [0.29, 0.717) is 11.4 Å². The molecule has 0 aliphatic heterocycles. The monoisotopic (exact) mass is 322 g/mol. The average molecular weight is 323 g/mol. The van der Waals surface area contributed by atoms with Crippen LogP contribution in [0.15, 0.2) is 28.2 Å². The van der Waals surface area contributed by atoms with Crippen molar-refractivity contribution in [3.63, 3.8) is 0 Å². The highest BCUT2D eigenvalue weighted by atomic mass is 79.9. The fraction of sp³-hybridized carbons (Fsp3) is 0.231. The normalized spacial score (nSPS) is 10.4. The number of nitrogens with zero attached hydrogens (tertiary/aromatic N) is 2. The largest absolute Gasteiger partial charge is 0.502 e. The van der Waals surface area contributed by atoms with Crippen LogP contribution in [0.3, 0.4) is 0 Å². The maximum Gasteiger partial charge on any atom is 0.228 e. The van der Waals surface area contributed by atoms with Gasteiger partial charge in [-0.05, 0) is 41.9 Å². The lowest BCUT2D eigenvalue weighted by Gasteiger charge is -2.11. The summed E-state index contributed by atoms with van der Waals surface area (Å²) in [6, 6.07) is 5.58. The van der Waals surface area contributed by atoms with Crippen molar-refractivity contribution in [1.29, 1.82) is 0 Å². The Hall–Kier alpha value is -1.38. The second kappa shape index (κ2) is 5.51. The summed E-state index contributed by atoms with van der Waals surface area (Å²) in [7, 11) is 0. The molecule has 0 fully saturated rings. The minimum atomic E-state index is 0.0605. The van der Waals surface area contributed by atoms with Crippen molar-refractivity contribution in [3.05, 3.63) is 39.6 Å². The van der Waals surface area contributed by atoms with E-state index >= 15 is 0 Å². The Morgan fingerprint density at radius 3 is 2.78 bits per heavy atom. The van der Waals surface area contributed by atoms with Gasteiger partial charge < -0.3 is 4.74 Å². The smallest absolute Gasteiger partial charge is 0.228 e. The topological polar surface area (TPSA) is 26.5 Å². The molecule has 0 saturated heterocycles. The molecule has 0 spiro atoms. The van der Waals surface area contributed by atoms with Gasteiger partial charge in [0.15, 0.2) is 0 Å². The molecule has 0 saturated carbocycles. The summed E-state index contributed by atoms with van der Waals surface area (Å²) in [4.78, 5) is 7.79. The van der Waals surface area contributed by atoms with Crippen LogP contribution in [0, 0.1) is 6.57 Å². The van der Waals surface area contributed by atoms with Crippen LogP contribution < -0.4 is 4.74 Å². The van der Waals surface area contributed by atoms with E-state index in [-0.39, 0.29) is 6.10 Å². The van der Waals surface area contributed by atoms with E-state index in [0.717, 1.165) is 14.4 Å². The van der Waals surface area contributed by atoms with Gasteiger partial charge in [-0.25, -0.2) is 9.83 Å². The number of benzene rings is 1. The van der Waals surface area contributed by atoms with Gasteiger partial charge in [0.25, 0.3) is 0 Å². The number of ether oxygens (including phenoxy) is 1. The van der Waals surface area contributed by atoms with Gasteiger partial charge in [-0.2, -0.15) is 0 Å². The molecule has 0 N–H and O–H groups in total. The average Bonchev–Trinajstić information content (AvgIpc) is 2.75. The van der Waals surface area contributed by atoms with E-state index in [2.05, 4.69) is 25.8 Å². The van der Waals surface area contributed by atoms with Gasteiger partial charge in [0.1, 0.15) is 10.8 Å². The van der Waals surface area contributed by atoms with Crippen LogP contribution in [0.2, 0.25) is 0 Å². The fourth-order valence-corrected chi connectivity index (χ4v) is 2.68. The lowest BCUT2D eigenvalue weighted by molar-refractivity contribution is 0.244. The van der Waals surface area contributed by atoms with Crippen LogP contribution in [0.25, 0.3) is 15.4 Å². The summed E-state index contributed by atoms with van der Waals surface area (Å²) in [5, 5.41) is 0.892. The van der Waals surface area contributed by atoms with Crippen LogP contribution in [-0.2, 0) is 0 Å². The summed E-state index contributed by atoms with van der Waals surface area (Å²) < 4.78 is 6.57. The number of thiazole rings is 1. The lowest BCUT2D eigenvalue weighted by Crippen LogP contribution is -2.05. The second-order valence-corrected chi connectivity index (χ2v) is 6.34. The van der Waals surface area contributed by atoms with Crippen molar-refractivity contribution in [2.24, 2.45) is 0 Å². The summed E-state index contributed by atoms with van der Waals surface area (Å²) in [5.74, 6) is 0.624. The van der Waals surface area contributed by atoms with Gasteiger partial charge >= 0.3 is 0 Å². The van der Waals surface area contributed by atoms with E-state index in [4.69, 9.17) is 11.3 Å². The predicted molar refractivity (Wildman–Crippen MR) is 77.3 cm³/mol. The molecule has 0 radical (unpaired) electrons. The zero-order chi connectivity index (χ0) is 13.1. The molecule has 2 rings (SSSR count). The number of hydrogen-bond donors (Lipinski definition) is 0. The van der Waals surface area contributed by atoms with E-state index in [9.17, 15) is 0 Å². The maximum atomic E-state index is 7.21.